The van der Waals surface area contributed by atoms with Crippen molar-refractivity contribution in [3.63, 3.8) is 0 Å². The number of carbonyl (C=O) groups excluding carboxylic acids is 1. The van der Waals surface area contributed by atoms with Crippen molar-refractivity contribution in [2.45, 2.75) is 27.7 Å². The molecule has 4 heteroatoms. The molecule has 0 aromatic rings. The number of fused-ring (bicyclic) bond motifs is 1. The van der Waals surface area contributed by atoms with E-state index in [1.165, 1.54) is 6.92 Å². The predicted molar refractivity (Wildman–Crippen MR) is 58.3 cm³/mol. The molecule has 2 aliphatic carbocycles. The number of nitrogens with zero attached hydrogens (tertiary/aromatic N) is 2. The molecule has 2 atom stereocenters. The van der Waals surface area contributed by atoms with E-state index in [2.05, 4.69) is 29.9 Å². The van der Waals surface area contributed by atoms with Crippen molar-refractivity contribution >= 4 is 11.7 Å². The van der Waals surface area contributed by atoms with Gasteiger partial charge in [0.2, 0.25) is 0 Å². The number of allylic oxidation sites excluding steroid dienone is 2. The van der Waals surface area contributed by atoms with Crippen LogP contribution >= 0.6 is 0 Å². The summed E-state index contributed by atoms with van der Waals surface area (Å²) >= 11 is 0. The Bertz CT molecular complexity index is 466. The van der Waals surface area contributed by atoms with E-state index in [0.717, 1.165) is 16.9 Å². The van der Waals surface area contributed by atoms with Gasteiger partial charge in [-0.05, 0) is 17.9 Å². The Morgan fingerprint density at radius 3 is 2.56 bits per heavy atom. The number of carbonyl (C=O) groups is 1. The van der Waals surface area contributed by atoms with Crippen molar-refractivity contribution < 1.29 is 9.63 Å². The summed E-state index contributed by atoms with van der Waals surface area (Å²) in [6, 6.07) is 2.24. The molecule has 84 valence electrons. The minimum atomic E-state index is -0.430. The molecule has 0 bridgehead atoms. The molecular formula is C12H14N2O2. The lowest BCUT2D eigenvalue weighted by Crippen LogP contribution is -2.10. The molecule has 2 aliphatic rings. The Balaban J connectivity index is 2.35. The molecular weight excluding hydrogens is 204 g/mol. The van der Waals surface area contributed by atoms with Crippen molar-refractivity contribution in [3.8, 4) is 6.07 Å². The third kappa shape index (κ3) is 1.28. The van der Waals surface area contributed by atoms with E-state index in [9.17, 15) is 4.79 Å². The highest BCUT2D eigenvalue weighted by Crippen LogP contribution is 2.67. The van der Waals surface area contributed by atoms with E-state index in [-0.39, 0.29) is 17.3 Å². The molecule has 0 heterocycles. The third-order valence-corrected chi connectivity index (χ3v) is 3.61. The van der Waals surface area contributed by atoms with Crippen LogP contribution in [0, 0.1) is 28.6 Å². The molecule has 2 rings (SSSR count). The van der Waals surface area contributed by atoms with E-state index in [1.807, 2.05) is 6.92 Å². The number of oxime groups is 1. The Hall–Kier alpha value is -1.63. The van der Waals surface area contributed by atoms with Crippen LogP contribution in [0.4, 0.5) is 0 Å². The van der Waals surface area contributed by atoms with E-state index in [1.54, 1.807) is 0 Å². The van der Waals surface area contributed by atoms with Gasteiger partial charge in [0.05, 0.1) is 11.8 Å². The first kappa shape index (κ1) is 10.9. The molecule has 0 N–H and O–H groups in total. The van der Waals surface area contributed by atoms with Crippen LogP contribution in [0.1, 0.15) is 27.7 Å². The fraction of sp³-hybridized carbons (Fsp3) is 0.583. The maximum absolute atomic E-state index is 10.7. The highest BCUT2D eigenvalue weighted by molar-refractivity contribution is 6.09. The van der Waals surface area contributed by atoms with Crippen LogP contribution in [0.15, 0.2) is 16.3 Å². The van der Waals surface area contributed by atoms with Crippen LogP contribution in [0.25, 0.3) is 0 Å². The smallest absolute Gasteiger partial charge is 0.318 e. The summed E-state index contributed by atoms with van der Waals surface area (Å²) in [4.78, 5) is 15.4. The highest BCUT2D eigenvalue weighted by atomic mass is 16.7. The topological polar surface area (TPSA) is 62.4 Å². The van der Waals surface area contributed by atoms with Crippen LogP contribution in [0.5, 0.6) is 0 Å². The van der Waals surface area contributed by atoms with Gasteiger partial charge in [0.1, 0.15) is 0 Å². The molecule has 0 saturated heterocycles. The van der Waals surface area contributed by atoms with Gasteiger partial charge < -0.3 is 4.84 Å². The minimum Gasteiger partial charge on any atom is -0.318 e. The molecule has 0 radical (unpaired) electrons. The number of hydrogen-bond donors (Lipinski definition) is 0. The fourth-order valence-electron chi connectivity index (χ4n) is 2.68. The highest BCUT2D eigenvalue weighted by Gasteiger charge is 2.66. The molecule has 0 aliphatic heterocycles. The van der Waals surface area contributed by atoms with Gasteiger partial charge in [0.25, 0.3) is 0 Å². The zero-order valence-corrected chi connectivity index (χ0v) is 9.87. The van der Waals surface area contributed by atoms with Crippen molar-refractivity contribution in [2.75, 3.05) is 0 Å². The summed E-state index contributed by atoms with van der Waals surface area (Å²) < 4.78 is 0. The molecule has 0 unspecified atom stereocenters. The Kier molecular flexibility index (Phi) is 2.16. The van der Waals surface area contributed by atoms with E-state index in [0.29, 0.717) is 0 Å². The van der Waals surface area contributed by atoms with Crippen LogP contribution in [-0.2, 0) is 9.63 Å². The van der Waals surface area contributed by atoms with Gasteiger partial charge in [-0.1, -0.05) is 19.0 Å². The second kappa shape index (κ2) is 3.18. The molecule has 16 heavy (non-hydrogen) atoms. The molecule has 1 fully saturated rings. The summed E-state index contributed by atoms with van der Waals surface area (Å²) in [5, 5.41) is 13.0. The lowest BCUT2D eigenvalue weighted by atomic mass is 9.95. The molecule has 4 nitrogen and oxygen atoms in total. The lowest BCUT2D eigenvalue weighted by molar-refractivity contribution is -0.140. The first-order valence-electron chi connectivity index (χ1n) is 5.28. The maximum atomic E-state index is 10.7. The zero-order chi connectivity index (χ0) is 12.1. The Morgan fingerprint density at radius 1 is 1.50 bits per heavy atom. The largest absolute Gasteiger partial charge is 0.331 e. The molecule has 0 aromatic heterocycles. The van der Waals surface area contributed by atoms with Crippen LogP contribution in [0.3, 0.4) is 0 Å². The van der Waals surface area contributed by atoms with Gasteiger partial charge >= 0.3 is 5.97 Å². The first-order valence-corrected chi connectivity index (χ1v) is 5.28. The van der Waals surface area contributed by atoms with Gasteiger partial charge in [-0.3, -0.25) is 0 Å². The minimum absolute atomic E-state index is 0.0730. The fourth-order valence-corrected chi connectivity index (χ4v) is 2.68. The molecule has 1 saturated carbocycles. The predicted octanol–water partition coefficient (Wildman–Crippen LogP) is 2.03. The van der Waals surface area contributed by atoms with E-state index >= 15 is 0 Å². The van der Waals surface area contributed by atoms with Crippen LogP contribution in [0.2, 0.25) is 0 Å². The van der Waals surface area contributed by atoms with E-state index < -0.39 is 5.97 Å². The quantitative estimate of drug-likeness (QED) is 0.499. The van der Waals surface area contributed by atoms with Gasteiger partial charge in [-0.15, -0.1) is 0 Å². The standard InChI is InChI=1S/C12H14N2O2/c1-6-8(5-13)9-10(12(9,3)4)11(6)14-16-7(2)15/h9-10H,1-4H3/b14-11+/t9-,10+/m0/s1. The number of rotatable bonds is 1. The molecule has 0 spiro atoms. The SMILES string of the molecule is CC(=O)O/N=C1\C(C)=C(C#N)[C@H]2[C@H]1C2(C)C. The lowest BCUT2D eigenvalue weighted by Gasteiger charge is -2.10. The number of nitriles is 1. The summed E-state index contributed by atoms with van der Waals surface area (Å²) in [5.41, 5.74) is 2.50. The summed E-state index contributed by atoms with van der Waals surface area (Å²) in [7, 11) is 0. The second-order valence-electron chi connectivity index (χ2n) is 4.99. The van der Waals surface area contributed by atoms with Gasteiger partial charge in [-0.2, -0.15) is 5.26 Å². The van der Waals surface area contributed by atoms with Gasteiger partial charge in [0.15, 0.2) is 0 Å². The summed E-state index contributed by atoms with van der Waals surface area (Å²) in [6.07, 6.45) is 0. The summed E-state index contributed by atoms with van der Waals surface area (Å²) in [5.74, 6) is 0.0639. The van der Waals surface area contributed by atoms with E-state index in [4.69, 9.17) is 5.26 Å². The zero-order valence-electron chi connectivity index (χ0n) is 9.87. The van der Waals surface area contributed by atoms with Crippen molar-refractivity contribution in [2.24, 2.45) is 22.4 Å². The normalized spacial score (nSPS) is 32.3. The first-order chi connectivity index (χ1) is 7.41. The average molecular weight is 218 g/mol. The Labute approximate surface area is 94.6 Å². The summed E-state index contributed by atoms with van der Waals surface area (Å²) in [6.45, 7) is 7.40. The van der Waals surface area contributed by atoms with Crippen molar-refractivity contribution in [1.29, 1.82) is 5.26 Å². The second-order valence-corrected chi connectivity index (χ2v) is 4.99. The van der Waals surface area contributed by atoms with Crippen molar-refractivity contribution in [3.05, 3.63) is 11.1 Å². The van der Waals surface area contributed by atoms with Crippen molar-refractivity contribution in [1.82, 2.24) is 0 Å². The van der Waals surface area contributed by atoms with Crippen LogP contribution in [-0.4, -0.2) is 11.7 Å². The number of hydrogen-bond acceptors (Lipinski definition) is 4. The van der Waals surface area contributed by atoms with Crippen LogP contribution < -0.4 is 0 Å². The third-order valence-electron chi connectivity index (χ3n) is 3.61. The van der Waals surface area contributed by atoms with Gasteiger partial charge in [0, 0.05) is 24.3 Å². The molecule has 0 amide bonds. The Morgan fingerprint density at radius 2 is 2.12 bits per heavy atom. The molecule has 0 aromatic carbocycles. The van der Waals surface area contributed by atoms with Gasteiger partial charge in [-0.25, -0.2) is 4.79 Å². The maximum Gasteiger partial charge on any atom is 0.331 e. The monoisotopic (exact) mass is 218 g/mol. The average Bonchev–Trinajstić information content (AvgIpc) is 2.61.